The first-order chi connectivity index (χ1) is 20.9. The molecule has 6 rings (SSSR count). The fraction of sp³-hybridized carbons (Fsp3) is 0.242. The highest BCUT2D eigenvalue weighted by molar-refractivity contribution is 6.22. The van der Waals surface area contributed by atoms with Crippen LogP contribution in [0.3, 0.4) is 0 Å². The third-order valence-electron chi connectivity index (χ3n) is 7.86. The molecular formula is C33H32N6O4. The first-order valence-electron chi connectivity index (χ1n) is 14.4. The smallest absolute Gasteiger partial charge is 0.270 e. The Balaban J connectivity index is 1.34. The number of aliphatic imine (C=N–C) groups is 1. The van der Waals surface area contributed by atoms with Gasteiger partial charge in [0, 0.05) is 66.9 Å². The largest absolute Gasteiger partial charge is 0.494 e. The van der Waals surface area contributed by atoms with Crippen LogP contribution in [0.4, 0.5) is 11.4 Å². The Hall–Kier alpha value is -5.25. The lowest BCUT2D eigenvalue weighted by Gasteiger charge is -2.26. The number of aromatic amines is 1. The van der Waals surface area contributed by atoms with E-state index in [4.69, 9.17) is 4.99 Å². The van der Waals surface area contributed by atoms with Gasteiger partial charge in [-0.3, -0.25) is 14.9 Å². The van der Waals surface area contributed by atoms with E-state index >= 15 is 0 Å². The van der Waals surface area contributed by atoms with E-state index in [1.54, 1.807) is 12.4 Å². The van der Waals surface area contributed by atoms with Crippen molar-refractivity contribution in [3.05, 3.63) is 106 Å². The van der Waals surface area contributed by atoms with Gasteiger partial charge in [0.15, 0.2) is 5.88 Å². The number of piperidine rings is 1. The number of benzene rings is 3. The van der Waals surface area contributed by atoms with Gasteiger partial charge in [-0.1, -0.05) is 36.4 Å². The highest BCUT2D eigenvalue weighted by atomic mass is 16.6. The number of aromatic hydroxyl groups is 1. The number of carbonyl (C=O) groups excluding carboxylic acids is 1. The minimum Gasteiger partial charge on any atom is -0.494 e. The van der Waals surface area contributed by atoms with Crippen LogP contribution < -0.4 is 0 Å². The summed E-state index contributed by atoms with van der Waals surface area (Å²) < 4.78 is 1.88. The normalized spacial score (nSPS) is 14.0. The number of non-ortho nitro benzene ring substituents is 1. The molecule has 1 fully saturated rings. The number of nitrogens with one attached hydrogen (secondary N) is 1. The number of aryl methyl sites for hydroxylation is 2. The molecule has 2 aromatic heterocycles. The topological polar surface area (TPSA) is 130 Å². The molecule has 2 N–H and O–H groups in total. The van der Waals surface area contributed by atoms with Crippen molar-refractivity contribution in [3.63, 3.8) is 0 Å². The molecule has 3 heterocycles. The molecule has 0 saturated carbocycles. The molecule has 0 atom stereocenters. The number of hydrogen-bond donors (Lipinski definition) is 2. The zero-order valence-electron chi connectivity index (χ0n) is 23.9. The molecule has 0 unspecified atom stereocenters. The quantitative estimate of drug-likeness (QED) is 0.121. The summed E-state index contributed by atoms with van der Waals surface area (Å²) in [5.74, 6) is 0.129. The molecule has 10 heteroatoms. The van der Waals surface area contributed by atoms with Crippen molar-refractivity contribution >= 4 is 33.9 Å². The number of nitro groups is 1. The Bertz CT molecular complexity index is 1820. The maximum atomic E-state index is 12.1. The Morgan fingerprint density at radius 1 is 1.09 bits per heavy atom. The number of rotatable bonds is 9. The van der Waals surface area contributed by atoms with Crippen LogP contribution in [0.1, 0.15) is 42.4 Å². The summed E-state index contributed by atoms with van der Waals surface area (Å²) in [6.07, 6.45) is 8.08. The molecule has 5 aromatic rings. The van der Waals surface area contributed by atoms with E-state index in [0.717, 1.165) is 61.2 Å². The number of fused-ring (bicyclic) bond motifs is 1. The van der Waals surface area contributed by atoms with Gasteiger partial charge in [0.05, 0.1) is 33.9 Å². The standard InChI is InChI=1S/C33H32N6O4/c1-37-20-29(34-21-37)23-11-13-25(14-12-23)35-32(31-27-19-26(39(42)43)15-16-28(27)36-33(31)41)24-9-7-22(8-10-24)5-4-18-38-17-3-2-6-30(38)40/h7-16,19-21,36,41H,2-6,17-18H2,1H3. The van der Waals surface area contributed by atoms with Crippen LogP contribution in [0.5, 0.6) is 5.88 Å². The Kier molecular flexibility index (Phi) is 7.74. The third-order valence-corrected chi connectivity index (χ3v) is 7.86. The second-order valence-electron chi connectivity index (χ2n) is 10.9. The highest BCUT2D eigenvalue weighted by Gasteiger charge is 2.21. The summed E-state index contributed by atoms with van der Waals surface area (Å²) in [6.45, 7) is 1.59. The van der Waals surface area contributed by atoms with E-state index in [1.165, 1.54) is 12.1 Å². The first kappa shape index (κ1) is 27.9. The summed E-state index contributed by atoms with van der Waals surface area (Å²) in [4.78, 5) is 37.5. The molecule has 43 heavy (non-hydrogen) atoms. The number of aromatic nitrogens is 3. The van der Waals surface area contributed by atoms with Crippen molar-refractivity contribution < 1.29 is 14.8 Å². The molecule has 0 bridgehead atoms. The van der Waals surface area contributed by atoms with Gasteiger partial charge in [0.25, 0.3) is 5.69 Å². The summed E-state index contributed by atoms with van der Waals surface area (Å²) in [5, 5.41) is 23.1. The molecule has 0 spiro atoms. The number of H-pyrrole nitrogens is 1. The molecule has 3 aromatic carbocycles. The number of likely N-dealkylation sites (tertiary alicyclic amines) is 1. The van der Waals surface area contributed by atoms with Crippen molar-refractivity contribution in [1.82, 2.24) is 19.4 Å². The van der Waals surface area contributed by atoms with E-state index < -0.39 is 4.92 Å². The van der Waals surface area contributed by atoms with Gasteiger partial charge in [0.1, 0.15) is 0 Å². The molecule has 218 valence electrons. The van der Waals surface area contributed by atoms with Gasteiger partial charge in [-0.05, 0) is 49.4 Å². The summed E-state index contributed by atoms with van der Waals surface area (Å²) >= 11 is 0. The van der Waals surface area contributed by atoms with Crippen molar-refractivity contribution in [3.8, 4) is 17.1 Å². The van der Waals surface area contributed by atoms with Crippen LogP contribution in [0.25, 0.3) is 22.2 Å². The van der Waals surface area contributed by atoms with Crippen LogP contribution in [0.15, 0.2) is 84.2 Å². The Morgan fingerprint density at radius 2 is 1.88 bits per heavy atom. The lowest BCUT2D eigenvalue weighted by atomic mass is 9.98. The summed E-state index contributed by atoms with van der Waals surface area (Å²) in [5.41, 5.74) is 5.71. The van der Waals surface area contributed by atoms with E-state index in [9.17, 15) is 20.0 Å². The molecule has 1 saturated heterocycles. The minimum absolute atomic E-state index is 0.0747. The van der Waals surface area contributed by atoms with Crippen LogP contribution in [-0.2, 0) is 18.3 Å². The van der Waals surface area contributed by atoms with Gasteiger partial charge >= 0.3 is 0 Å². The van der Waals surface area contributed by atoms with Gasteiger partial charge < -0.3 is 19.6 Å². The lowest BCUT2D eigenvalue weighted by molar-refractivity contribution is -0.384. The molecule has 1 amide bonds. The molecule has 1 aliphatic rings. The Morgan fingerprint density at radius 3 is 2.58 bits per heavy atom. The maximum Gasteiger partial charge on any atom is 0.270 e. The number of nitrogens with zero attached hydrogens (tertiary/aromatic N) is 5. The molecule has 0 radical (unpaired) electrons. The molecular weight excluding hydrogens is 544 g/mol. The van der Waals surface area contributed by atoms with Crippen molar-refractivity contribution in [2.75, 3.05) is 13.1 Å². The monoisotopic (exact) mass is 576 g/mol. The van der Waals surface area contributed by atoms with E-state index in [2.05, 4.69) is 9.97 Å². The zero-order valence-corrected chi connectivity index (χ0v) is 23.9. The van der Waals surface area contributed by atoms with Crippen LogP contribution in [0.2, 0.25) is 0 Å². The van der Waals surface area contributed by atoms with Gasteiger partial charge in [-0.25, -0.2) is 9.98 Å². The summed E-state index contributed by atoms with van der Waals surface area (Å²) in [6, 6.07) is 20.1. The molecule has 1 aliphatic heterocycles. The van der Waals surface area contributed by atoms with Crippen LogP contribution in [-0.4, -0.2) is 54.2 Å². The second kappa shape index (κ2) is 11.9. The fourth-order valence-corrected chi connectivity index (χ4v) is 5.58. The van der Waals surface area contributed by atoms with Crippen LogP contribution in [0, 0.1) is 10.1 Å². The predicted octanol–water partition coefficient (Wildman–Crippen LogP) is 6.30. The zero-order chi connectivity index (χ0) is 29.9. The number of nitro benzene ring substituents is 1. The molecule has 0 aliphatic carbocycles. The molecule has 10 nitrogen and oxygen atoms in total. The SMILES string of the molecule is Cn1cnc(-c2ccc(N=C(c3ccc(CCCN4CCCCC4=O)cc3)c3c(O)[nH]c4ccc([N+](=O)[O-])cc34)cc2)c1. The van der Waals surface area contributed by atoms with Crippen molar-refractivity contribution in [2.45, 2.75) is 32.1 Å². The van der Waals surface area contributed by atoms with Gasteiger partial charge in [-0.2, -0.15) is 0 Å². The summed E-state index contributed by atoms with van der Waals surface area (Å²) in [7, 11) is 1.92. The van der Waals surface area contributed by atoms with Crippen LogP contribution >= 0.6 is 0 Å². The number of amides is 1. The van der Waals surface area contributed by atoms with E-state index in [-0.39, 0.29) is 17.5 Å². The average molecular weight is 577 g/mol. The maximum absolute atomic E-state index is 12.1. The first-order valence-corrected chi connectivity index (χ1v) is 14.4. The number of imidazole rings is 1. The van der Waals surface area contributed by atoms with E-state index in [1.807, 2.05) is 71.2 Å². The minimum atomic E-state index is -0.452. The van der Waals surface area contributed by atoms with Crippen molar-refractivity contribution in [2.24, 2.45) is 12.0 Å². The van der Waals surface area contributed by atoms with Crippen molar-refractivity contribution in [1.29, 1.82) is 0 Å². The van der Waals surface area contributed by atoms with Gasteiger partial charge in [0.2, 0.25) is 5.91 Å². The predicted molar refractivity (Wildman–Crippen MR) is 166 cm³/mol. The highest BCUT2D eigenvalue weighted by Crippen LogP contribution is 2.34. The third kappa shape index (κ3) is 6.04. The number of hydrogen-bond acceptors (Lipinski definition) is 6. The second-order valence-corrected chi connectivity index (χ2v) is 10.9. The van der Waals surface area contributed by atoms with E-state index in [0.29, 0.717) is 34.3 Å². The van der Waals surface area contributed by atoms with Gasteiger partial charge in [-0.15, -0.1) is 0 Å². The Labute approximate surface area is 248 Å². The lowest BCUT2D eigenvalue weighted by Crippen LogP contribution is -2.36. The number of carbonyl (C=O) groups is 1. The average Bonchev–Trinajstić information content (AvgIpc) is 3.59. The fourth-order valence-electron chi connectivity index (χ4n) is 5.58.